The van der Waals surface area contributed by atoms with Gasteiger partial charge in [-0.2, -0.15) is 0 Å². The Morgan fingerprint density at radius 1 is 1.17 bits per heavy atom. The Bertz CT molecular complexity index is 812. The number of fused-ring (bicyclic) bond motifs is 1. The normalized spacial score (nSPS) is 21.3. The van der Waals surface area contributed by atoms with Crippen molar-refractivity contribution in [2.45, 2.75) is 50.2 Å². The maximum absolute atomic E-state index is 14.7. The van der Waals surface area contributed by atoms with Crippen LogP contribution in [0.1, 0.15) is 48.3 Å². The molecule has 2 aromatic rings. The van der Waals surface area contributed by atoms with E-state index < -0.39 is 0 Å². The molecule has 3 aliphatic rings. The van der Waals surface area contributed by atoms with E-state index in [0.717, 1.165) is 48.8 Å². The van der Waals surface area contributed by atoms with Crippen molar-refractivity contribution in [3.05, 3.63) is 40.7 Å². The van der Waals surface area contributed by atoms with Crippen LogP contribution in [-0.4, -0.2) is 15.8 Å². The Kier molecular flexibility index (Phi) is 2.63. The van der Waals surface area contributed by atoms with Gasteiger partial charge >= 0.3 is 0 Å². The molecule has 5 rings (SSSR count). The summed E-state index contributed by atoms with van der Waals surface area (Å²) in [6.07, 6.45) is 5.18. The molecule has 2 saturated carbocycles. The molecule has 0 radical (unpaired) electrons. The first kappa shape index (κ1) is 13.4. The summed E-state index contributed by atoms with van der Waals surface area (Å²) in [5.41, 5.74) is 10.0. The Morgan fingerprint density at radius 2 is 2.00 bits per heavy atom. The van der Waals surface area contributed by atoms with Gasteiger partial charge in [0.05, 0.1) is 17.9 Å². The zero-order chi connectivity index (χ0) is 15.6. The van der Waals surface area contributed by atoms with Crippen LogP contribution in [0.4, 0.5) is 10.2 Å². The number of benzene rings is 1. The second-order valence-electron chi connectivity index (χ2n) is 7.05. The van der Waals surface area contributed by atoms with Crippen LogP contribution in [0, 0.1) is 5.82 Å². The van der Waals surface area contributed by atoms with E-state index in [2.05, 4.69) is 10.2 Å². The highest BCUT2D eigenvalue weighted by Crippen LogP contribution is 2.49. The maximum atomic E-state index is 14.7. The first-order chi connectivity index (χ1) is 11.2. The van der Waals surface area contributed by atoms with Gasteiger partial charge in [-0.05, 0) is 54.9 Å². The molecule has 23 heavy (non-hydrogen) atoms. The summed E-state index contributed by atoms with van der Waals surface area (Å²) in [5.74, 6) is 0.717. The molecular formula is C18H18FN3O. The van der Waals surface area contributed by atoms with Crippen LogP contribution in [0.5, 0.6) is 0 Å². The van der Waals surface area contributed by atoms with Crippen LogP contribution in [0.3, 0.4) is 0 Å². The van der Waals surface area contributed by atoms with Gasteiger partial charge in [-0.15, -0.1) is 10.2 Å². The standard InChI is InChI=1S/C18H18FN3O/c19-15-7-11(10-1-2-10)3-4-12(15)16-13-8-18(5-6-18)23-9-14(13)17(20)22-21-16/h3-4,7,10H,1-2,5-6,8-9H2,(H2,20,22). The number of anilines is 1. The molecule has 4 nitrogen and oxygen atoms in total. The number of hydrogen-bond donors (Lipinski definition) is 1. The number of aromatic nitrogens is 2. The molecule has 1 aromatic heterocycles. The van der Waals surface area contributed by atoms with E-state index in [1.54, 1.807) is 6.07 Å². The largest absolute Gasteiger partial charge is 0.382 e. The molecule has 0 amide bonds. The molecule has 0 unspecified atom stereocenters. The summed E-state index contributed by atoms with van der Waals surface area (Å²) in [6, 6.07) is 5.52. The quantitative estimate of drug-likeness (QED) is 0.924. The monoisotopic (exact) mass is 311 g/mol. The Balaban J connectivity index is 1.63. The zero-order valence-electron chi connectivity index (χ0n) is 12.8. The third-order valence-corrected chi connectivity index (χ3v) is 5.34. The van der Waals surface area contributed by atoms with Crippen molar-refractivity contribution in [2.75, 3.05) is 5.73 Å². The second kappa shape index (κ2) is 4.51. The van der Waals surface area contributed by atoms with E-state index in [1.165, 1.54) is 0 Å². The number of rotatable bonds is 2. The summed E-state index contributed by atoms with van der Waals surface area (Å²) in [4.78, 5) is 0. The number of nitrogens with two attached hydrogens (primary N) is 1. The van der Waals surface area contributed by atoms with Crippen molar-refractivity contribution < 1.29 is 9.13 Å². The molecule has 5 heteroatoms. The van der Waals surface area contributed by atoms with Gasteiger partial charge in [0.15, 0.2) is 5.82 Å². The van der Waals surface area contributed by atoms with E-state index in [1.807, 2.05) is 12.1 Å². The average molecular weight is 311 g/mol. The molecule has 118 valence electrons. The molecule has 1 aromatic carbocycles. The second-order valence-corrected chi connectivity index (χ2v) is 7.05. The minimum Gasteiger partial charge on any atom is -0.382 e. The van der Waals surface area contributed by atoms with Gasteiger partial charge in [0, 0.05) is 17.5 Å². The number of hydrogen-bond acceptors (Lipinski definition) is 4. The first-order valence-electron chi connectivity index (χ1n) is 8.23. The van der Waals surface area contributed by atoms with Gasteiger partial charge in [0.2, 0.25) is 0 Å². The number of nitrogen functional groups attached to an aromatic ring is 1. The third kappa shape index (κ3) is 2.14. The van der Waals surface area contributed by atoms with Crippen molar-refractivity contribution in [1.82, 2.24) is 10.2 Å². The van der Waals surface area contributed by atoms with Crippen molar-refractivity contribution >= 4 is 5.82 Å². The Labute approximate surface area is 133 Å². The van der Waals surface area contributed by atoms with Crippen molar-refractivity contribution in [2.24, 2.45) is 0 Å². The summed E-state index contributed by atoms with van der Waals surface area (Å²) in [5, 5.41) is 8.26. The summed E-state index contributed by atoms with van der Waals surface area (Å²) >= 11 is 0. The fourth-order valence-electron chi connectivity index (χ4n) is 3.54. The highest BCUT2D eigenvalue weighted by Gasteiger charge is 2.48. The van der Waals surface area contributed by atoms with Crippen molar-refractivity contribution in [3.63, 3.8) is 0 Å². The van der Waals surface area contributed by atoms with Crippen LogP contribution >= 0.6 is 0 Å². The smallest absolute Gasteiger partial charge is 0.151 e. The fraction of sp³-hybridized carbons (Fsp3) is 0.444. The van der Waals surface area contributed by atoms with Gasteiger partial charge in [-0.3, -0.25) is 0 Å². The molecular weight excluding hydrogens is 293 g/mol. The Morgan fingerprint density at radius 3 is 2.70 bits per heavy atom. The SMILES string of the molecule is Nc1nnc(-c2ccc(C3CC3)cc2F)c2c1COC1(CC1)C2. The average Bonchev–Trinajstić information content (AvgIpc) is 3.45. The molecule has 2 fully saturated rings. The molecule has 2 N–H and O–H groups in total. The van der Waals surface area contributed by atoms with Crippen LogP contribution in [-0.2, 0) is 17.8 Å². The van der Waals surface area contributed by atoms with Crippen molar-refractivity contribution in [1.29, 1.82) is 0 Å². The lowest BCUT2D eigenvalue weighted by Crippen LogP contribution is -2.26. The lowest BCUT2D eigenvalue weighted by molar-refractivity contribution is 0.00838. The highest BCUT2D eigenvalue weighted by atomic mass is 19.1. The summed E-state index contributed by atoms with van der Waals surface area (Å²) < 4.78 is 20.6. The molecule has 2 heterocycles. The van der Waals surface area contributed by atoms with Crippen molar-refractivity contribution in [3.8, 4) is 11.3 Å². The van der Waals surface area contributed by atoms with E-state index >= 15 is 0 Å². The van der Waals surface area contributed by atoms with Crippen LogP contribution in [0.15, 0.2) is 18.2 Å². The minimum atomic E-state index is -0.216. The molecule has 2 aliphatic carbocycles. The van der Waals surface area contributed by atoms with Gasteiger partial charge in [0.25, 0.3) is 0 Å². The molecule has 0 bridgehead atoms. The lowest BCUT2D eigenvalue weighted by Gasteiger charge is -2.27. The highest BCUT2D eigenvalue weighted by molar-refractivity contribution is 5.68. The van der Waals surface area contributed by atoms with E-state index in [4.69, 9.17) is 10.5 Å². The lowest BCUT2D eigenvalue weighted by atomic mass is 9.93. The summed E-state index contributed by atoms with van der Waals surface area (Å²) in [7, 11) is 0. The van der Waals surface area contributed by atoms with Gasteiger partial charge in [-0.25, -0.2) is 4.39 Å². The molecule has 0 atom stereocenters. The number of nitrogens with zero attached hydrogens (tertiary/aromatic N) is 2. The fourth-order valence-corrected chi connectivity index (χ4v) is 3.54. The van der Waals surface area contributed by atoms with Crippen LogP contribution in [0.25, 0.3) is 11.3 Å². The summed E-state index contributed by atoms with van der Waals surface area (Å²) in [6.45, 7) is 0.450. The number of halogens is 1. The van der Waals surface area contributed by atoms with E-state index in [0.29, 0.717) is 29.6 Å². The first-order valence-corrected chi connectivity index (χ1v) is 8.23. The van der Waals surface area contributed by atoms with E-state index in [9.17, 15) is 4.39 Å². The van der Waals surface area contributed by atoms with Gasteiger partial charge in [-0.1, -0.05) is 6.07 Å². The van der Waals surface area contributed by atoms with Gasteiger partial charge in [0.1, 0.15) is 5.82 Å². The molecule has 0 saturated heterocycles. The number of ether oxygens (including phenoxy) is 1. The van der Waals surface area contributed by atoms with E-state index in [-0.39, 0.29) is 11.4 Å². The van der Waals surface area contributed by atoms with Crippen LogP contribution < -0.4 is 5.73 Å². The minimum absolute atomic E-state index is 0.0678. The Hall–Kier alpha value is -2.01. The predicted octanol–water partition coefficient (Wildman–Crippen LogP) is 3.35. The predicted molar refractivity (Wildman–Crippen MR) is 84.3 cm³/mol. The van der Waals surface area contributed by atoms with Gasteiger partial charge < -0.3 is 10.5 Å². The third-order valence-electron chi connectivity index (χ3n) is 5.34. The molecule has 1 aliphatic heterocycles. The zero-order valence-corrected chi connectivity index (χ0v) is 12.8. The van der Waals surface area contributed by atoms with Crippen LogP contribution in [0.2, 0.25) is 0 Å². The maximum Gasteiger partial charge on any atom is 0.151 e. The topological polar surface area (TPSA) is 61.0 Å². The molecule has 1 spiro atoms.